The third kappa shape index (κ3) is 3.78. The molecular weight excluding hydrogens is 282 g/mol. The van der Waals surface area contributed by atoms with Crippen LogP contribution in [0.1, 0.15) is 45.4 Å². The second-order valence-electron chi connectivity index (χ2n) is 7.04. The summed E-state index contributed by atoms with van der Waals surface area (Å²) in [6, 6.07) is 4.71. The second-order valence-corrected chi connectivity index (χ2v) is 7.04. The number of hydrogen-bond donors (Lipinski definition) is 1. The van der Waals surface area contributed by atoms with E-state index in [-0.39, 0.29) is 11.6 Å². The van der Waals surface area contributed by atoms with Crippen LogP contribution in [-0.4, -0.2) is 25.2 Å². The van der Waals surface area contributed by atoms with Crippen LogP contribution in [0.2, 0.25) is 0 Å². The van der Waals surface area contributed by atoms with E-state index < -0.39 is 0 Å². The largest absolute Gasteiger partial charge is 0.367 e. The van der Waals surface area contributed by atoms with Crippen LogP contribution in [0.5, 0.6) is 0 Å². The van der Waals surface area contributed by atoms with Gasteiger partial charge in [0.05, 0.1) is 5.69 Å². The molecule has 2 unspecified atom stereocenters. The third-order valence-corrected chi connectivity index (χ3v) is 4.99. The molecule has 0 amide bonds. The quantitative estimate of drug-likeness (QED) is 0.904. The molecule has 22 heavy (non-hydrogen) atoms. The molecule has 2 nitrogen and oxygen atoms in total. The zero-order chi connectivity index (χ0) is 15.5. The smallest absolute Gasteiger partial charge is 0.146 e. The average Bonchev–Trinajstić information content (AvgIpc) is 2.50. The highest BCUT2D eigenvalue weighted by molar-refractivity contribution is 5.48. The summed E-state index contributed by atoms with van der Waals surface area (Å²) in [5.41, 5.74) is 0.405. The van der Waals surface area contributed by atoms with Gasteiger partial charge in [-0.25, -0.2) is 8.78 Å². The van der Waals surface area contributed by atoms with E-state index in [1.807, 2.05) is 4.90 Å². The van der Waals surface area contributed by atoms with Crippen LogP contribution in [0.25, 0.3) is 0 Å². The molecule has 2 fully saturated rings. The Labute approximate surface area is 131 Å². The van der Waals surface area contributed by atoms with Crippen LogP contribution in [0, 0.1) is 17.6 Å². The number of nitrogens with zero attached hydrogens (tertiary/aromatic N) is 1. The molecular formula is C18H26F2N2. The normalized spacial score (nSPS) is 27.1. The molecule has 1 aromatic rings. The Bertz CT molecular complexity index is 500. The maximum atomic E-state index is 14.0. The molecule has 0 radical (unpaired) electrons. The number of anilines is 1. The minimum absolute atomic E-state index is 0.327. The molecule has 1 heterocycles. The highest BCUT2D eigenvalue weighted by atomic mass is 19.1. The first-order chi connectivity index (χ1) is 10.6. The second kappa shape index (κ2) is 6.95. The lowest BCUT2D eigenvalue weighted by atomic mass is 9.91. The Morgan fingerprint density at radius 2 is 1.82 bits per heavy atom. The molecule has 122 valence electrons. The van der Waals surface area contributed by atoms with Crippen LogP contribution < -0.4 is 10.2 Å². The van der Waals surface area contributed by atoms with Crippen molar-refractivity contribution < 1.29 is 8.78 Å². The summed E-state index contributed by atoms with van der Waals surface area (Å²) in [6.07, 6.45) is 7.58. The van der Waals surface area contributed by atoms with Crippen molar-refractivity contribution in [3.63, 3.8) is 0 Å². The van der Waals surface area contributed by atoms with Gasteiger partial charge >= 0.3 is 0 Å². The van der Waals surface area contributed by atoms with Gasteiger partial charge in [-0.1, -0.05) is 26.2 Å². The van der Waals surface area contributed by atoms with Gasteiger partial charge in [-0.05, 0) is 37.3 Å². The Hall–Kier alpha value is -1.16. The number of piperidine rings is 1. The van der Waals surface area contributed by atoms with Gasteiger partial charge in [-0.15, -0.1) is 0 Å². The summed E-state index contributed by atoms with van der Waals surface area (Å²) in [6.45, 7) is 3.75. The lowest BCUT2D eigenvalue weighted by Crippen LogP contribution is -2.52. The van der Waals surface area contributed by atoms with Crippen molar-refractivity contribution >= 4 is 5.69 Å². The highest BCUT2D eigenvalue weighted by Crippen LogP contribution is 2.27. The minimum Gasteiger partial charge on any atom is -0.367 e. The van der Waals surface area contributed by atoms with Gasteiger partial charge in [0.2, 0.25) is 0 Å². The van der Waals surface area contributed by atoms with Gasteiger partial charge in [0, 0.05) is 31.2 Å². The summed E-state index contributed by atoms with van der Waals surface area (Å²) < 4.78 is 27.5. The Morgan fingerprint density at radius 3 is 2.59 bits per heavy atom. The van der Waals surface area contributed by atoms with E-state index in [0.29, 0.717) is 23.7 Å². The predicted octanol–water partition coefficient (Wildman–Crippen LogP) is 4.10. The fraction of sp³-hybridized carbons (Fsp3) is 0.667. The molecule has 1 saturated carbocycles. The van der Waals surface area contributed by atoms with E-state index in [4.69, 9.17) is 0 Å². The van der Waals surface area contributed by atoms with Gasteiger partial charge in [-0.2, -0.15) is 0 Å². The Morgan fingerprint density at radius 1 is 1.05 bits per heavy atom. The first kappa shape index (κ1) is 15.7. The van der Waals surface area contributed by atoms with Gasteiger partial charge in [0.15, 0.2) is 0 Å². The van der Waals surface area contributed by atoms with Crippen molar-refractivity contribution in [1.82, 2.24) is 5.32 Å². The molecule has 0 bridgehead atoms. The molecule has 2 aliphatic rings. The predicted molar refractivity (Wildman–Crippen MR) is 86.1 cm³/mol. The van der Waals surface area contributed by atoms with Crippen molar-refractivity contribution in [3.05, 3.63) is 29.8 Å². The van der Waals surface area contributed by atoms with Crippen LogP contribution in [-0.2, 0) is 0 Å². The Balaban J connectivity index is 1.68. The zero-order valence-electron chi connectivity index (χ0n) is 13.3. The van der Waals surface area contributed by atoms with Crippen LogP contribution in [0.15, 0.2) is 18.2 Å². The number of rotatable bonds is 3. The zero-order valence-corrected chi connectivity index (χ0v) is 13.3. The molecule has 4 heteroatoms. The SMILES string of the molecule is CC1CC(NC2CCCCC2)CN(c2cc(F)ccc2F)C1. The van der Waals surface area contributed by atoms with E-state index in [1.165, 1.54) is 50.3 Å². The molecule has 0 aromatic heterocycles. The van der Waals surface area contributed by atoms with Gasteiger partial charge in [-0.3, -0.25) is 0 Å². The third-order valence-electron chi connectivity index (χ3n) is 4.99. The van der Waals surface area contributed by atoms with Crippen molar-refractivity contribution in [3.8, 4) is 0 Å². The molecule has 2 atom stereocenters. The fourth-order valence-electron chi connectivity index (χ4n) is 4.00. The lowest BCUT2D eigenvalue weighted by Gasteiger charge is -2.40. The lowest BCUT2D eigenvalue weighted by molar-refractivity contribution is 0.284. The molecule has 1 aromatic carbocycles. The first-order valence-corrected chi connectivity index (χ1v) is 8.58. The topological polar surface area (TPSA) is 15.3 Å². The highest BCUT2D eigenvalue weighted by Gasteiger charge is 2.28. The van der Waals surface area contributed by atoms with Crippen LogP contribution >= 0.6 is 0 Å². The van der Waals surface area contributed by atoms with E-state index in [9.17, 15) is 8.78 Å². The summed E-state index contributed by atoms with van der Waals surface area (Å²) in [5, 5.41) is 3.76. The van der Waals surface area contributed by atoms with E-state index in [0.717, 1.165) is 19.5 Å². The van der Waals surface area contributed by atoms with Crippen molar-refractivity contribution in [2.45, 2.75) is 57.5 Å². The average molecular weight is 308 g/mol. The summed E-state index contributed by atoms with van der Waals surface area (Å²) in [4.78, 5) is 2.01. The monoisotopic (exact) mass is 308 g/mol. The molecule has 0 spiro atoms. The van der Waals surface area contributed by atoms with Crippen molar-refractivity contribution in [1.29, 1.82) is 0 Å². The van der Waals surface area contributed by atoms with Crippen molar-refractivity contribution in [2.75, 3.05) is 18.0 Å². The van der Waals surface area contributed by atoms with Crippen molar-refractivity contribution in [2.24, 2.45) is 5.92 Å². The number of nitrogens with one attached hydrogen (secondary N) is 1. The summed E-state index contributed by atoms with van der Waals surface area (Å²) in [7, 11) is 0. The number of benzene rings is 1. The van der Waals surface area contributed by atoms with Crippen LogP contribution in [0.3, 0.4) is 0 Å². The number of halogens is 2. The van der Waals surface area contributed by atoms with Gasteiger partial charge < -0.3 is 10.2 Å². The maximum Gasteiger partial charge on any atom is 0.146 e. The van der Waals surface area contributed by atoms with E-state index in [2.05, 4.69) is 12.2 Å². The Kier molecular flexibility index (Phi) is 4.97. The van der Waals surface area contributed by atoms with Crippen LogP contribution in [0.4, 0.5) is 14.5 Å². The van der Waals surface area contributed by atoms with E-state index >= 15 is 0 Å². The molecule has 1 aliphatic heterocycles. The van der Waals surface area contributed by atoms with E-state index in [1.54, 1.807) is 0 Å². The van der Waals surface area contributed by atoms with Gasteiger partial charge in [0.25, 0.3) is 0 Å². The number of hydrogen-bond acceptors (Lipinski definition) is 2. The molecule has 1 saturated heterocycles. The summed E-state index contributed by atoms with van der Waals surface area (Å²) in [5.74, 6) is -0.212. The minimum atomic E-state index is -0.369. The standard InChI is InChI=1S/C18H26F2N2/c1-13-9-16(21-15-5-3-2-4-6-15)12-22(11-13)18-10-14(19)7-8-17(18)20/h7-8,10,13,15-16,21H,2-6,9,11-12H2,1H3. The first-order valence-electron chi connectivity index (χ1n) is 8.58. The molecule has 3 rings (SSSR count). The fourth-order valence-corrected chi connectivity index (χ4v) is 4.00. The summed E-state index contributed by atoms with van der Waals surface area (Å²) >= 11 is 0. The maximum absolute atomic E-state index is 14.0. The molecule has 1 aliphatic carbocycles. The molecule has 1 N–H and O–H groups in total. The van der Waals surface area contributed by atoms with Gasteiger partial charge in [0.1, 0.15) is 11.6 Å².